The van der Waals surface area contributed by atoms with E-state index >= 15 is 0 Å². The normalized spacial score (nSPS) is 12.4. The Bertz CT molecular complexity index is 145. The Morgan fingerprint density at radius 2 is 2.07 bits per heavy atom. The van der Waals surface area contributed by atoms with E-state index in [1.54, 1.807) is 19.1 Å². The van der Waals surface area contributed by atoms with E-state index in [0.717, 1.165) is 0 Å². The van der Waals surface area contributed by atoms with Crippen molar-refractivity contribution >= 4 is 0 Å². The Morgan fingerprint density at radius 3 is 2.57 bits per heavy atom. The molecule has 0 aliphatic carbocycles. The summed E-state index contributed by atoms with van der Waals surface area (Å²) in [7, 11) is 3.23. The van der Waals surface area contributed by atoms with Gasteiger partial charge in [0.05, 0.1) is 19.7 Å². The van der Waals surface area contributed by atoms with Gasteiger partial charge in [-0.05, 0) is 13.6 Å². The van der Waals surface area contributed by atoms with E-state index in [1.807, 2.05) is 6.92 Å². The van der Waals surface area contributed by atoms with Gasteiger partial charge in [0, 0.05) is 13.7 Å². The summed E-state index contributed by atoms with van der Waals surface area (Å²) in [5, 5.41) is 2.64. The summed E-state index contributed by atoms with van der Waals surface area (Å²) in [5.74, 6) is -2.67. The van der Waals surface area contributed by atoms with Crippen LogP contribution in [-0.2, 0) is 4.74 Å². The fourth-order valence-corrected chi connectivity index (χ4v) is 1.08. The lowest BCUT2D eigenvalue weighted by Crippen LogP contribution is -2.43. The Morgan fingerprint density at radius 1 is 1.43 bits per heavy atom. The number of hydrogen-bond acceptors (Lipinski definition) is 3. The quantitative estimate of drug-likeness (QED) is 0.641. The zero-order valence-corrected chi connectivity index (χ0v) is 9.15. The number of hydrogen-bond donors (Lipinski definition) is 1. The van der Waals surface area contributed by atoms with Crippen molar-refractivity contribution in [3.8, 4) is 0 Å². The molecule has 0 saturated carbocycles. The molecule has 1 N–H and O–H groups in total. The van der Waals surface area contributed by atoms with Gasteiger partial charge >= 0.3 is 0 Å². The summed E-state index contributed by atoms with van der Waals surface area (Å²) in [6.07, 6.45) is 0. The number of rotatable bonds is 8. The smallest absolute Gasteiger partial charge is 0.272 e. The van der Waals surface area contributed by atoms with Crippen molar-refractivity contribution in [1.29, 1.82) is 0 Å². The first-order chi connectivity index (χ1) is 6.52. The molecule has 0 heterocycles. The first kappa shape index (κ1) is 13.7. The molecule has 3 nitrogen and oxygen atoms in total. The van der Waals surface area contributed by atoms with Crippen LogP contribution >= 0.6 is 0 Å². The molecule has 0 rings (SSSR count). The predicted octanol–water partition coefficient (Wildman–Crippen LogP) is 0.809. The lowest BCUT2D eigenvalue weighted by Gasteiger charge is -2.23. The third-order valence-electron chi connectivity index (χ3n) is 1.81. The molecule has 0 atom stereocenters. The Labute approximate surface area is 84.4 Å². The van der Waals surface area contributed by atoms with Crippen LogP contribution in [0.15, 0.2) is 0 Å². The SMILES string of the molecule is CCNCC(F)(F)CN(C)CCOC. The van der Waals surface area contributed by atoms with E-state index in [0.29, 0.717) is 19.7 Å². The maximum Gasteiger partial charge on any atom is 0.272 e. The van der Waals surface area contributed by atoms with Crippen molar-refractivity contribution in [3.05, 3.63) is 0 Å². The van der Waals surface area contributed by atoms with Crippen LogP contribution in [0.2, 0.25) is 0 Å². The van der Waals surface area contributed by atoms with Gasteiger partial charge in [0.1, 0.15) is 0 Å². The molecule has 0 aromatic heterocycles. The molecule has 0 aliphatic rings. The second-order valence-electron chi connectivity index (χ2n) is 3.37. The number of nitrogens with zero attached hydrogens (tertiary/aromatic N) is 1. The highest BCUT2D eigenvalue weighted by Crippen LogP contribution is 2.12. The van der Waals surface area contributed by atoms with Crippen LogP contribution in [0, 0.1) is 0 Å². The molecule has 0 bridgehead atoms. The lowest BCUT2D eigenvalue weighted by atomic mass is 10.3. The second kappa shape index (κ2) is 7.09. The van der Waals surface area contributed by atoms with Gasteiger partial charge in [-0.15, -0.1) is 0 Å². The van der Waals surface area contributed by atoms with Crippen molar-refractivity contribution in [2.45, 2.75) is 12.8 Å². The van der Waals surface area contributed by atoms with Crippen LogP contribution in [0.5, 0.6) is 0 Å². The van der Waals surface area contributed by atoms with Crippen LogP contribution in [0.1, 0.15) is 6.92 Å². The van der Waals surface area contributed by atoms with E-state index in [9.17, 15) is 8.78 Å². The maximum absolute atomic E-state index is 13.1. The molecular formula is C9H20F2N2O. The number of alkyl halides is 2. The highest BCUT2D eigenvalue weighted by molar-refractivity contribution is 4.73. The topological polar surface area (TPSA) is 24.5 Å². The first-order valence-electron chi connectivity index (χ1n) is 4.78. The van der Waals surface area contributed by atoms with Crippen LogP contribution in [-0.4, -0.2) is 57.8 Å². The van der Waals surface area contributed by atoms with Gasteiger partial charge in [-0.2, -0.15) is 0 Å². The van der Waals surface area contributed by atoms with Crippen LogP contribution < -0.4 is 5.32 Å². The van der Waals surface area contributed by atoms with Gasteiger partial charge in [-0.1, -0.05) is 6.92 Å². The maximum atomic E-state index is 13.1. The molecule has 0 radical (unpaired) electrons. The second-order valence-corrected chi connectivity index (χ2v) is 3.37. The summed E-state index contributed by atoms with van der Waals surface area (Å²) in [5.41, 5.74) is 0. The average molecular weight is 210 g/mol. The van der Waals surface area contributed by atoms with E-state index in [4.69, 9.17) is 4.74 Å². The van der Waals surface area contributed by atoms with Gasteiger partial charge in [0.15, 0.2) is 0 Å². The molecule has 0 amide bonds. The van der Waals surface area contributed by atoms with E-state index in [-0.39, 0.29) is 13.1 Å². The third kappa shape index (κ3) is 7.17. The number of likely N-dealkylation sites (N-methyl/N-ethyl adjacent to an activating group) is 1. The standard InChI is InChI=1S/C9H20F2N2O/c1-4-12-7-9(10,11)8-13(2)5-6-14-3/h12H,4-8H2,1-3H3. The monoisotopic (exact) mass is 210 g/mol. The number of ether oxygens (including phenoxy) is 1. The third-order valence-corrected chi connectivity index (χ3v) is 1.81. The summed E-state index contributed by atoms with van der Waals surface area (Å²) < 4.78 is 31.1. The number of halogens is 2. The lowest BCUT2D eigenvalue weighted by molar-refractivity contribution is -0.0277. The van der Waals surface area contributed by atoms with Crippen molar-refractivity contribution in [2.24, 2.45) is 0 Å². The van der Waals surface area contributed by atoms with Gasteiger partial charge < -0.3 is 10.1 Å². The molecule has 0 spiro atoms. The molecule has 0 fully saturated rings. The van der Waals surface area contributed by atoms with Crippen LogP contribution in [0.25, 0.3) is 0 Å². The van der Waals surface area contributed by atoms with Gasteiger partial charge in [0.2, 0.25) is 0 Å². The van der Waals surface area contributed by atoms with Gasteiger partial charge in [0.25, 0.3) is 5.92 Å². The molecule has 0 saturated heterocycles. The molecule has 14 heavy (non-hydrogen) atoms. The molecule has 5 heteroatoms. The van der Waals surface area contributed by atoms with E-state index < -0.39 is 5.92 Å². The minimum atomic E-state index is -2.67. The van der Waals surface area contributed by atoms with Gasteiger partial charge in [-0.25, -0.2) is 8.78 Å². The fourth-order valence-electron chi connectivity index (χ4n) is 1.08. The summed E-state index contributed by atoms with van der Waals surface area (Å²) in [6, 6.07) is 0. The van der Waals surface area contributed by atoms with E-state index in [2.05, 4.69) is 5.32 Å². The van der Waals surface area contributed by atoms with Crippen molar-refractivity contribution in [1.82, 2.24) is 10.2 Å². The zero-order valence-electron chi connectivity index (χ0n) is 9.15. The minimum Gasteiger partial charge on any atom is -0.383 e. The molecule has 0 aromatic rings. The highest BCUT2D eigenvalue weighted by atomic mass is 19.3. The largest absolute Gasteiger partial charge is 0.383 e. The van der Waals surface area contributed by atoms with Crippen molar-refractivity contribution in [3.63, 3.8) is 0 Å². The Balaban J connectivity index is 3.70. The fraction of sp³-hybridized carbons (Fsp3) is 1.00. The molecule has 0 unspecified atom stereocenters. The average Bonchev–Trinajstić information content (AvgIpc) is 2.11. The summed E-state index contributed by atoms with van der Waals surface area (Å²) in [6.45, 7) is 2.89. The van der Waals surface area contributed by atoms with Crippen molar-refractivity contribution in [2.75, 3.05) is 46.9 Å². The molecule has 0 aliphatic heterocycles. The predicted molar refractivity (Wildman–Crippen MR) is 52.9 cm³/mol. The molecular weight excluding hydrogens is 190 g/mol. The van der Waals surface area contributed by atoms with Gasteiger partial charge in [-0.3, -0.25) is 4.90 Å². The van der Waals surface area contributed by atoms with Crippen LogP contribution in [0.3, 0.4) is 0 Å². The molecule has 86 valence electrons. The number of nitrogens with one attached hydrogen (secondary N) is 1. The Kier molecular flexibility index (Phi) is 6.96. The van der Waals surface area contributed by atoms with Crippen molar-refractivity contribution < 1.29 is 13.5 Å². The summed E-state index contributed by atoms with van der Waals surface area (Å²) >= 11 is 0. The molecule has 0 aromatic carbocycles. The summed E-state index contributed by atoms with van der Waals surface area (Å²) in [4.78, 5) is 1.57. The first-order valence-corrected chi connectivity index (χ1v) is 4.78. The van der Waals surface area contributed by atoms with Crippen LogP contribution in [0.4, 0.5) is 8.78 Å². The van der Waals surface area contributed by atoms with E-state index in [1.165, 1.54) is 0 Å². The zero-order chi connectivity index (χ0) is 11.0. The minimum absolute atomic E-state index is 0.233. The Hall–Kier alpha value is -0.260. The number of methoxy groups -OCH3 is 1. The highest BCUT2D eigenvalue weighted by Gasteiger charge is 2.29.